The molecule has 0 aromatic heterocycles. The van der Waals surface area contributed by atoms with Crippen molar-refractivity contribution in [2.24, 2.45) is 11.3 Å². The summed E-state index contributed by atoms with van der Waals surface area (Å²) in [6.45, 7) is 9.31. The van der Waals surface area contributed by atoms with Gasteiger partial charge in [0.1, 0.15) is 0 Å². The molecule has 0 amide bonds. The molecule has 0 aromatic rings. The Bertz CT molecular complexity index is 188. The normalized spacial score (nSPS) is 22.3. The topological polar surface area (TPSA) is 18.5 Å². The first kappa shape index (κ1) is 14.5. The fourth-order valence-electron chi connectivity index (χ4n) is 2.17. The average Bonchev–Trinajstić information content (AvgIpc) is 2.27. The van der Waals surface area contributed by atoms with Crippen LogP contribution in [0.15, 0.2) is 0 Å². The quantitative estimate of drug-likeness (QED) is 0.696. The monoisotopic (exact) mass is 292 g/mol. The maximum Gasteiger partial charge on any atom is 0.0549 e. The van der Waals surface area contributed by atoms with Gasteiger partial charge in [0.05, 0.1) is 12.7 Å². The molecule has 0 aromatic carbocycles. The van der Waals surface area contributed by atoms with Crippen LogP contribution in [0.1, 0.15) is 40.0 Å². The maximum atomic E-state index is 6.00. The second-order valence-electron chi connectivity index (χ2n) is 5.50. The molecule has 1 saturated heterocycles. The van der Waals surface area contributed by atoms with E-state index < -0.39 is 0 Å². The molecule has 0 saturated carbocycles. The zero-order chi connectivity index (χ0) is 12.0. The minimum Gasteiger partial charge on any atom is -0.381 e. The first-order chi connectivity index (χ1) is 7.58. The van der Waals surface area contributed by atoms with E-state index in [2.05, 4.69) is 36.7 Å². The highest BCUT2D eigenvalue weighted by Crippen LogP contribution is 2.33. The molecule has 1 unspecified atom stereocenters. The summed E-state index contributed by atoms with van der Waals surface area (Å²) in [6, 6.07) is 0. The van der Waals surface area contributed by atoms with Crippen molar-refractivity contribution >= 4 is 15.9 Å². The Labute approximate surface area is 108 Å². The van der Waals surface area contributed by atoms with Gasteiger partial charge < -0.3 is 9.47 Å². The maximum absolute atomic E-state index is 6.00. The first-order valence-corrected chi connectivity index (χ1v) is 7.45. The molecule has 2 nitrogen and oxygen atoms in total. The number of hydrogen-bond acceptors (Lipinski definition) is 2. The van der Waals surface area contributed by atoms with Gasteiger partial charge in [0, 0.05) is 24.0 Å². The Morgan fingerprint density at radius 2 is 1.88 bits per heavy atom. The fraction of sp³-hybridized carbons (Fsp3) is 1.00. The van der Waals surface area contributed by atoms with E-state index in [9.17, 15) is 0 Å². The van der Waals surface area contributed by atoms with Crippen LogP contribution in [-0.4, -0.2) is 31.3 Å². The van der Waals surface area contributed by atoms with Crippen LogP contribution in [0.5, 0.6) is 0 Å². The smallest absolute Gasteiger partial charge is 0.0549 e. The molecule has 16 heavy (non-hydrogen) atoms. The van der Waals surface area contributed by atoms with Crippen molar-refractivity contribution < 1.29 is 9.47 Å². The highest BCUT2D eigenvalue weighted by Gasteiger charge is 2.32. The largest absolute Gasteiger partial charge is 0.381 e. The van der Waals surface area contributed by atoms with Crippen molar-refractivity contribution in [3.63, 3.8) is 0 Å². The van der Waals surface area contributed by atoms with Gasteiger partial charge in [-0.15, -0.1) is 0 Å². The summed E-state index contributed by atoms with van der Waals surface area (Å²) in [5, 5.41) is 1.03. The number of alkyl halides is 1. The molecule has 1 fully saturated rings. The molecule has 0 bridgehead atoms. The van der Waals surface area contributed by atoms with Crippen molar-refractivity contribution in [1.29, 1.82) is 0 Å². The molecule has 0 aliphatic carbocycles. The minimum absolute atomic E-state index is 0.309. The van der Waals surface area contributed by atoms with E-state index in [1.165, 1.54) is 0 Å². The molecule has 96 valence electrons. The van der Waals surface area contributed by atoms with Crippen molar-refractivity contribution in [2.45, 2.75) is 46.1 Å². The SMILES string of the molecule is CC(C)CC(C)OCC1(CBr)CCOCC1. The Kier molecular flexibility index (Phi) is 6.30. The summed E-state index contributed by atoms with van der Waals surface area (Å²) in [7, 11) is 0. The minimum atomic E-state index is 0.309. The van der Waals surface area contributed by atoms with E-state index in [4.69, 9.17) is 9.47 Å². The van der Waals surface area contributed by atoms with Gasteiger partial charge in [0.15, 0.2) is 0 Å². The van der Waals surface area contributed by atoms with Crippen LogP contribution >= 0.6 is 15.9 Å². The van der Waals surface area contributed by atoms with Crippen LogP contribution in [0.25, 0.3) is 0 Å². The van der Waals surface area contributed by atoms with Crippen LogP contribution < -0.4 is 0 Å². The molecular weight excluding hydrogens is 268 g/mol. The van der Waals surface area contributed by atoms with Gasteiger partial charge in [0.25, 0.3) is 0 Å². The Morgan fingerprint density at radius 1 is 1.25 bits per heavy atom. The summed E-state index contributed by atoms with van der Waals surface area (Å²) in [5.74, 6) is 0.713. The van der Waals surface area contributed by atoms with E-state index >= 15 is 0 Å². The van der Waals surface area contributed by atoms with Crippen molar-refractivity contribution in [2.75, 3.05) is 25.2 Å². The number of hydrogen-bond donors (Lipinski definition) is 0. The van der Waals surface area contributed by atoms with Gasteiger partial charge in [-0.2, -0.15) is 0 Å². The van der Waals surface area contributed by atoms with E-state index in [1.54, 1.807) is 0 Å². The second-order valence-corrected chi connectivity index (χ2v) is 6.06. The van der Waals surface area contributed by atoms with E-state index in [0.717, 1.165) is 44.4 Å². The van der Waals surface area contributed by atoms with Gasteiger partial charge in [-0.3, -0.25) is 0 Å². The average molecular weight is 293 g/mol. The lowest BCUT2D eigenvalue weighted by Crippen LogP contribution is -2.36. The predicted octanol–water partition coefficient (Wildman–Crippen LogP) is 3.63. The summed E-state index contributed by atoms with van der Waals surface area (Å²) in [5.41, 5.74) is 0.309. The molecule has 1 rings (SSSR count). The van der Waals surface area contributed by atoms with Crippen LogP contribution in [0, 0.1) is 11.3 Å². The van der Waals surface area contributed by atoms with Crippen LogP contribution in [0.4, 0.5) is 0 Å². The third-order valence-corrected chi connectivity index (χ3v) is 4.50. The molecule has 0 radical (unpaired) electrons. The summed E-state index contributed by atoms with van der Waals surface area (Å²) in [6.07, 6.45) is 3.76. The summed E-state index contributed by atoms with van der Waals surface area (Å²) >= 11 is 3.63. The fourth-order valence-corrected chi connectivity index (χ4v) is 2.89. The zero-order valence-corrected chi connectivity index (χ0v) is 12.4. The van der Waals surface area contributed by atoms with Crippen LogP contribution in [0.2, 0.25) is 0 Å². The standard InChI is InChI=1S/C13H25BrO2/c1-11(2)8-12(3)16-10-13(9-14)4-6-15-7-5-13/h11-12H,4-10H2,1-3H3. The third-order valence-electron chi connectivity index (χ3n) is 3.31. The predicted molar refractivity (Wildman–Crippen MR) is 71.1 cm³/mol. The first-order valence-electron chi connectivity index (χ1n) is 6.33. The molecule has 0 N–H and O–H groups in total. The van der Waals surface area contributed by atoms with Crippen molar-refractivity contribution in [3.05, 3.63) is 0 Å². The lowest BCUT2D eigenvalue weighted by molar-refractivity contribution is -0.0514. The summed E-state index contributed by atoms with van der Waals surface area (Å²) < 4.78 is 11.4. The molecule has 3 heteroatoms. The number of ether oxygens (including phenoxy) is 2. The van der Waals surface area contributed by atoms with Gasteiger partial charge in [-0.25, -0.2) is 0 Å². The zero-order valence-electron chi connectivity index (χ0n) is 10.8. The molecule has 1 atom stereocenters. The van der Waals surface area contributed by atoms with Gasteiger partial charge >= 0.3 is 0 Å². The lowest BCUT2D eigenvalue weighted by atomic mass is 9.83. The van der Waals surface area contributed by atoms with E-state index in [0.29, 0.717) is 17.4 Å². The number of halogens is 1. The van der Waals surface area contributed by atoms with Crippen molar-refractivity contribution in [3.8, 4) is 0 Å². The van der Waals surface area contributed by atoms with Gasteiger partial charge in [-0.1, -0.05) is 29.8 Å². The summed E-state index contributed by atoms with van der Waals surface area (Å²) in [4.78, 5) is 0. The third kappa shape index (κ3) is 4.72. The van der Waals surface area contributed by atoms with E-state index in [-0.39, 0.29) is 0 Å². The highest BCUT2D eigenvalue weighted by atomic mass is 79.9. The molecule has 1 aliphatic rings. The van der Waals surface area contributed by atoms with Gasteiger partial charge in [-0.05, 0) is 32.1 Å². The van der Waals surface area contributed by atoms with Crippen molar-refractivity contribution in [1.82, 2.24) is 0 Å². The van der Waals surface area contributed by atoms with Gasteiger partial charge in [0.2, 0.25) is 0 Å². The molecular formula is C13H25BrO2. The molecule has 0 spiro atoms. The Hall–Kier alpha value is 0.400. The Morgan fingerprint density at radius 3 is 2.38 bits per heavy atom. The lowest BCUT2D eigenvalue weighted by Gasteiger charge is -2.36. The van der Waals surface area contributed by atoms with E-state index in [1.807, 2.05) is 0 Å². The second kappa shape index (κ2) is 6.97. The van der Waals surface area contributed by atoms with Crippen LogP contribution in [-0.2, 0) is 9.47 Å². The highest BCUT2D eigenvalue weighted by molar-refractivity contribution is 9.09. The Balaban J connectivity index is 2.32. The van der Waals surface area contributed by atoms with Crippen LogP contribution in [0.3, 0.4) is 0 Å². The number of rotatable bonds is 6. The molecule has 1 heterocycles. The molecule has 1 aliphatic heterocycles.